The number of carboxylic acid groups (broad SMARTS) is 2. The SMILES string of the molecule is CC(n1cc(C[C@H](N)C(=O)O)c2ccccc21)n1cc(C[C@H](N)C(=O)O)c2ccccc21.Cl.Cl. The Hall–Kier alpha value is -3.04. The molecule has 2 atom stereocenters. The lowest BCUT2D eigenvalue weighted by Crippen LogP contribution is -2.32. The summed E-state index contributed by atoms with van der Waals surface area (Å²) in [6, 6.07) is 13.7. The van der Waals surface area contributed by atoms with Crippen molar-refractivity contribution in [3.63, 3.8) is 0 Å². The minimum atomic E-state index is -1.04. The van der Waals surface area contributed by atoms with Crippen molar-refractivity contribution in [3.8, 4) is 0 Å². The second-order valence-electron chi connectivity index (χ2n) is 8.09. The van der Waals surface area contributed by atoms with Gasteiger partial charge in [0.1, 0.15) is 18.2 Å². The van der Waals surface area contributed by atoms with Crippen molar-refractivity contribution in [2.45, 2.75) is 38.0 Å². The fourth-order valence-corrected chi connectivity index (χ4v) is 4.28. The maximum Gasteiger partial charge on any atom is 0.320 e. The van der Waals surface area contributed by atoms with Gasteiger partial charge in [0.15, 0.2) is 0 Å². The summed E-state index contributed by atoms with van der Waals surface area (Å²) in [5.41, 5.74) is 15.3. The lowest BCUT2D eigenvalue weighted by atomic mass is 10.1. The van der Waals surface area contributed by atoms with Crippen molar-refractivity contribution >= 4 is 58.6 Å². The molecular weight excluding hydrogens is 479 g/mol. The van der Waals surface area contributed by atoms with Crippen LogP contribution in [0.15, 0.2) is 60.9 Å². The first-order valence-corrected chi connectivity index (χ1v) is 10.4. The van der Waals surface area contributed by atoms with E-state index in [-0.39, 0.29) is 43.8 Å². The van der Waals surface area contributed by atoms with Gasteiger partial charge in [0.2, 0.25) is 0 Å². The van der Waals surface area contributed by atoms with Crippen LogP contribution in [-0.4, -0.2) is 43.4 Å². The van der Waals surface area contributed by atoms with Gasteiger partial charge in [0.25, 0.3) is 0 Å². The number of rotatable bonds is 8. The van der Waals surface area contributed by atoms with Crippen LogP contribution >= 0.6 is 24.8 Å². The number of halogens is 2. The first-order valence-electron chi connectivity index (χ1n) is 10.4. The minimum absolute atomic E-state index is 0. The molecular formula is C24H28Cl2N4O4. The third kappa shape index (κ3) is 5.05. The molecule has 0 aliphatic heterocycles. The molecule has 6 N–H and O–H groups in total. The van der Waals surface area contributed by atoms with Gasteiger partial charge >= 0.3 is 11.9 Å². The van der Waals surface area contributed by atoms with Crippen molar-refractivity contribution in [2.24, 2.45) is 11.5 Å². The van der Waals surface area contributed by atoms with Crippen LogP contribution in [0.5, 0.6) is 0 Å². The monoisotopic (exact) mass is 506 g/mol. The Balaban J connectivity index is 0.00000204. The highest BCUT2D eigenvalue weighted by molar-refractivity contribution is 5.87. The normalized spacial score (nSPS) is 12.8. The number of benzene rings is 2. The Kier molecular flexibility index (Phi) is 8.74. The number of fused-ring (bicyclic) bond motifs is 2. The summed E-state index contributed by atoms with van der Waals surface area (Å²) in [7, 11) is 0. The molecule has 0 spiro atoms. The molecule has 0 saturated heterocycles. The van der Waals surface area contributed by atoms with Crippen LogP contribution in [0, 0.1) is 0 Å². The van der Waals surface area contributed by atoms with Crippen molar-refractivity contribution in [3.05, 3.63) is 72.1 Å². The van der Waals surface area contributed by atoms with Gasteiger partial charge in [-0.25, -0.2) is 0 Å². The molecule has 0 amide bonds. The number of hydrogen-bond acceptors (Lipinski definition) is 4. The Morgan fingerprint density at radius 1 is 0.765 bits per heavy atom. The molecule has 0 aliphatic rings. The van der Waals surface area contributed by atoms with E-state index in [4.69, 9.17) is 11.5 Å². The molecule has 2 aromatic heterocycles. The number of carbonyl (C=O) groups is 2. The number of aromatic nitrogens is 2. The highest BCUT2D eigenvalue weighted by Gasteiger charge is 2.21. The van der Waals surface area contributed by atoms with E-state index in [1.165, 1.54) is 0 Å². The third-order valence-electron chi connectivity index (χ3n) is 5.97. The van der Waals surface area contributed by atoms with E-state index in [0.29, 0.717) is 0 Å². The van der Waals surface area contributed by atoms with Gasteiger partial charge in [0, 0.05) is 36.0 Å². The van der Waals surface area contributed by atoms with Crippen LogP contribution in [0.4, 0.5) is 0 Å². The maximum atomic E-state index is 11.3. The van der Waals surface area contributed by atoms with Crippen molar-refractivity contribution in [1.82, 2.24) is 9.13 Å². The van der Waals surface area contributed by atoms with E-state index in [1.807, 2.05) is 67.8 Å². The van der Waals surface area contributed by atoms with Gasteiger partial charge in [-0.1, -0.05) is 36.4 Å². The highest BCUT2D eigenvalue weighted by atomic mass is 35.5. The third-order valence-corrected chi connectivity index (χ3v) is 5.97. The van der Waals surface area contributed by atoms with Gasteiger partial charge in [0.05, 0.1) is 11.0 Å². The number of nitrogens with zero attached hydrogens (tertiary/aromatic N) is 2. The molecule has 0 saturated carbocycles. The first-order chi connectivity index (χ1) is 15.3. The van der Waals surface area contributed by atoms with E-state index in [1.54, 1.807) is 0 Å². The predicted molar refractivity (Wildman–Crippen MR) is 137 cm³/mol. The Morgan fingerprint density at radius 2 is 1.12 bits per heavy atom. The van der Waals surface area contributed by atoms with Crippen molar-refractivity contribution < 1.29 is 19.8 Å². The van der Waals surface area contributed by atoms with Crippen LogP contribution < -0.4 is 11.5 Å². The van der Waals surface area contributed by atoms with Gasteiger partial charge in [-0.15, -0.1) is 24.8 Å². The van der Waals surface area contributed by atoms with Crippen LogP contribution in [0.3, 0.4) is 0 Å². The lowest BCUT2D eigenvalue weighted by molar-refractivity contribution is -0.139. The zero-order valence-corrected chi connectivity index (χ0v) is 20.1. The average Bonchev–Trinajstić information content (AvgIpc) is 3.32. The van der Waals surface area contributed by atoms with E-state index < -0.39 is 24.0 Å². The summed E-state index contributed by atoms with van der Waals surface area (Å²) >= 11 is 0. The van der Waals surface area contributed by atoms with Crippen LogP contribution in [0.2, 0.25) is 0 Å². The largest absolute Gasteiger partial charge is 0.480 e. The molecule has 0 radical (unpaired) electrons. The molecule has 0 bridgehead atoms. The molecule has 4 aromatic rings. The number of para-hydroxylation sites is 2. The summed E-state index contributed by atoms with van der Waals surface area (Å²) in [6.45, 7) is 2.04. The minimum Gasteiger partial charge on any atom is -0.480 e. The summed E-state index contributed by atoms with van der Waals surface area (Å²) in [4.78, 5) is 22.6. The quantitative estimate of drug-likeness (QED) is 0.289. The zero-order chi connectivity index (χ0) is 23.0. The highest BCUT2D eigenvalue weighted by Crippen LogP contribution is 2.30. The first kappa shape index (κ1) is 27.2. The van der Waals surface area contributed by atoms with Gasteiger partial charge in [-0.05, 0) is 30.2 Å². The predicted octanol–water partition coefficient (Wildman–Crippen LogP) is 3.42. The Bertz CT molecular complexity index is 1220. The molecule has 2 aromatic carbocycles. The smallest absolute Gasteiger partial charge is 0.320 e. The summed E-state index contributed by atoms with van der Waals surface area (Å²) in [5.74, 6) is -2.07. The van der Waals surface area contributed by atoms with Gasteiger partial charge < -0.3 is 30.8 Å². The molecule has 4 rings (SSSR count). The fraction of sp³-hybridized carbons (Fsp3) is 0.250. The van der Waals surface area contributed by atoms with E-state index in [9.17, 15) is 19.8 Å². The molecule has 0 fully saturated rings. The van der Waals surface area contributed by atoms with Crippen molar-refractivity contribution in [2.75, 3.05) is 0 Å². The lowest BCUT2D eigenvalue weighted by Gasteiger charge is -2.19. The Labute approximate surface area is 209 Å². The molecule has 0 unspecified atom stereocenters. The van der Waals surface area contributed by atoms with Crippen molar-refractivity contribution in [1.29, 1.82) is 0 Å². The number of hydrogen-bond donors (Lipinski definition) is 4. The summed E-state index contributed by atoms with van der Waals surface area (Å²) in [6.07, 6.45) is 4.20. The fourth-order valence-electron chi connectivity index (χ4n) is 4.28. The van der Waals surface area contributed by atoms with Crippen LogP contribution in [0.1, 0.15) is 24.2 Å². The molecule has 0 aliphatic carbocycles. The van der Waals surface area contributed by atoms with Gasteiger partial charge in [-0.2, -0.15) is 0 Å². The molecule has 2 heterocycles. The standard InChI is InChI=1S/C24H26N4O4.2ClH/c1-14(27-12-15(10-19(25)23(29)30)17-6-2-4-8-21(17)27)28-13-16(11-20(26)24(31)32)18-7-3-5-9-22(18)28;;/h2-9,12-14,19-20H,10-11,25-26H2,1H3,(H,29,30)(H,31,32);2*1H/t19-,20-;;/m0../s1. The van der Waals surface area contributed by atoms with E-state index >= 15 is 0 Å². The average molecular weight is 507 g/mol. The molecule has 8 nitrogen and oxygen atoms in total. The second-order valence-corrected chi connectivity index (χ2v) is 8.09. The molecule has 182 valence electrons. The number of carboxylic acids is 2. The molecule has 10 heteroatoms. The van der Waals surface area contributed by atoms with E-state index in [2.05, 4.69) is 9.13 Å². The van der Waals surface area contributed by atoms with E-state index in [0.717, 1.165) is 32.9 Å². The van der Waals surface area contributed by atoms with Gasteiger partial charge in [-0.3, -0.25) is 9.59 Å². The summed E-state index contributed by atoms with van der Waals surface area (Å²) < 4.78 is 4.18. The second kappa shape index (κ2) is 10.9. The maximum absolute atomic E-state index is 11.3. The summed E-state index contributed by atoms with van der Waals surface area (Å²) in [5, 5.41) is 20.4. The number of aliphatic carboxylic acids is 2. The zero-order valence-electron chi connectivity index (χ0n) is 18.5. The Morgan fingerprint density at radius 3 is 1.47 bits per heavy atom. The van der Waals surface area contributed by atoms with Crippen LogP contribution in [0.25, 0.3) is 21.8 Å². The topological polar surface area (TPSA) is 136 Å². The van der Waals surface area contributed by atoms with Crippen LogP contribution in [-0.2, 0) is 22.4 Å². The number of nitrogens with two attached hydrogens (primary N) is 2. The molecule has 34 heavy (non-hydrogen) atoms.